The molecule has 3 aliphatic rings. The summed E-state index contributed by atoms with van der Waals surface area (Å²) in [5.41, 5.74) is -3.23. The summed E-state index contributed by atoms with van der Waals surface area (Å²) in [6.07, 6.45) is 0.296. The second kappa shape index (κ2) is 9.10. The van der Waals surface area contributed by atoms with Crippen LogP contribution in [0.4, 0.5) is 32.4 Å². The second-order valence-corrected chi connectivity index (χ2v) is 9.29. The number of nitrogens with zero attached hydrogens (tertiary/aromatic N) is 4. The molecule has 8 nitrogen and oxygen atoms in total. The maximum Gasteiger partial charge on any atom is 0.417 e. The number of urea groups is 1. The summed E-state index contributed by atoms with van der Waals surface area (Å²) >= 11 is 0. The molecule has 3 fully saturated rings. The normalized spacial score (nSPS) is 23.9. The first-order valence-corrected chi connectivity index (χ1v) is 11.2. The Morgan fingerprint density at radius 2 is 1.86 bits per heavy atom. The van der Waals surface area contributed by atoms with Gasteiger partial charge in [-0.15, -0.1) is 0 Å². The second-order valence-electron chi connectivity index (χ2n) is 9.29. The first-order valence-electron chi connectivity index (χ1n) is 11.2. The number of hydrogen-bond donors (Lipinski definition) is 3. The van der Waals surface area contributed by atoms with Gasteiger partial charge in [-0.25, -0.2) is 23.5 Å². The van der Waals surface area contributed by atoms with Crippen molar-refractivity contribution in [3.05, 3.63) is 41.7 Å². The lowest BCUT2D eigenvalue weighted by molar-refractivity contribution is -0.137. The minimum Gasteiger partial charge on any atom is -0.319 e. The number of carbonyl (C=O) groups excluding carboxylic acids is 1. The predicted molar refractivity (Wildman–Crippen MR) is 122 cm³/mol. The number of aromatic nitrogens is 2. The van der Waals surface area contributed by atoms with Gasteiger partial charge in [0.05, 0.1) is 47.9 Å². The average molecular weight is 509 g/mol. The molecule has 4 atom stereocenters. The molecule has 3 heterocycles. The highest BCUT2D eigenvalue weighted by Gasteiger charge is 2.61. The zero-order chi connectivity index (χ0) is 26.4. The zero-order valence-corrected chi connectivity index (χ0v) is 19.4. The van der Waals surface area contributed by atoms with Gasteiger partial charge >= 0.3 is 12.2 Å². The van der Waals surface area contributed by atoms with E-state index < -0.39 is 58.1 Å². The van der Waals surface area contributed by atoms with Crippen molar-refractivity contribution >= 4 is 24.4 Å². The molecule has 2 bridgehead atoms. The fourth-order valence-corrected chi connectivity index (χ4v) is 5.53. The van der Waals surface area contributed by atoms with Crippen LogP contribution in [-0.4, -0.2) is 56.1 Å². The van der Waals surface area contributed by atoms with Crippen LogP contribution < -0.4 is 5.32 Å². The van der Waals surface area contributed by atoms with Crippen LogP contribution in [0.2, 0.25) is 0 Å². The van der Waals surface area contributed by atoms with Crippen molar-refractivity contribution < 1.29 is 26.7 Å². The number of anilines is 1. The van der Waals surface area contributed by atoms with E-state index >= 15 is 0 Å². The molecule has 2 aromatic rings. The lowest BCUT2D eigenvalue weighted by Crippen LogP contribution is -2.78. The smallest absolute Gasteiger partial charge is 0.319 e. The Kier molecular flexibility index (Phi) is 6.43. The van der Waals surface area contributed by atoms with Gasteiger partial charge in [0.2, 0.25) is 0 Å². The molecular weight excluding hydrogens is 485 g/mol. The number of amides is 2. The first kappa shape index (κ1) is 25.5. The Bertz CT molecular complexity index is 1180. The molecule has 1 aromatic heterocycles. The van der Waals surface area contributed by atoms with Crippen molar-refractivity contribution in [1.29, 1.82) is 10.8 Å². The molecule has 5 rings (SSSR count). The summed E-state index contributed by atoms with van der Waals surface area (Å²) in [5, 5.41) is 17.6. The molecule has 0 spiro atoms. The van der Waals surface area contributed by atoms with Crippen LogP contribution in [0.1, 0.15) is 38.7 Å². The van der Waals surface area contributed by atoms with E-state index in [0.717, 1.165) is 18.7 Å². The van der Waals surface area contributed by atoms with E-state index in [9.17, 15) is 26.7 Å². The molecule has 2 saturated heterocycles. The number of benzene rings is 1. The van der Waals surface area contributed by atoms with Crippen LogP contribution >= 0.6 is 0 Å². The fraction of sp³-hybridized carbons (Fsp3) is 0.435. The van der Waals surface area contributed by atoms with Gasteiger partial charge in [0.25, 0.3) is 0 Å². The van der Waals surface area contributed by atoms with Gasteiger partial charge in [0, 0.05) is 11.6 Å². The number of piperidine rings is 1. The van der Waals surface area contributed by atoms with Crippen molar-refractivity contribution in [1.82, 2.24) is 19.8 Å². The summed E-state index contributed by atoms with van der Waals surface area (Å²) in [5.74, 6) is -2.38. The van der Waals surface area contributed by atoms with E-state index in [1.54, 1.807) is 11.8 Å². The quantitative estimate of drug-likeness (QED) is 0.285. The van der Waals surface area contributed by atoms with E-state index in [4.69, 9.17) is 10.8 Å². The van der Waals surface area contributed by atoms with E-state index in [1.807, 2.05) is 6.92 Å². The molecule has 2 amide bonds. The van der Waals surface area contributed by atoms with Crippen LogP contribution in [-0.2, 0) is 6.18 Å². The number of fused-ring (bicyclic) bond motifs is 2. The molecule has 1 saturated carbocycles. The van der Waals surface area contributed by atoms with E-state index in [0.29, 0.717) is 31.7 Å². The van der Waals surface area contributed by atoms with Gasteiger partial charge in [0.15, 0.2) is 11.6 Å². The molecular formula is C23H24F5N7O. The summed E-state index contributed by atoms with van der Waals surface area (Å²) in [7, 11) is 0. The highest BCUT2D eigenvalue weighted by atomic mass is 19.4. The maximum absolute atomic E-state index is 14.8. The van der Waals surface area contributed by atoms with Crippen LogP contribution in [0.3, 0.4) is 0 Å². The Hall–Kier alpha value is -3.64. The lowest BCUT2D eigenvalue weighted by atomic mass is 9.61. The summed E-state index contributed by atoms with van der Waals surface area (Å²) < 4.78 is 68.9. The fourth-order valence-electron chi connectivity index (χ4n) is 5.53. The third-order valence-electron chi connectivity index (χ3n) is 7.07. The van der Waals surface area contributed by atoms with Crippen molar-refractivity contribution in [2.45, 2.75) is 56.9 Å². The average Bonchev–Trinajstić information content (AvgIpc) is 2.80. The monoisotopic (exact) mass is 509 g/mol. The van der Waals surface area contributed by atoms with E-state index in [2.05, 4.69) is 15.3 Å². The van der Waals surface area contributed by atoms with Crippen molar-refractivity contribution in [3.8, 4) is 11.4 Å². The summed E-state index contributed by atoms with van der Waals surface area (Å²) in [6.45, 7) is 3.82. The standard InChI is InChI=1S/C23H24F5N7O/c1-12-3-15-7-22(6-12,13(2)34(10-29)11-30)35(15)21(36)33-19-4-16(20-31-8-14(24)9-32-20)17(5-18(19)25)23(26,27)28/h4-5,8-13,15,29-30H,3,6-7H2,1-2H3,(H,33,36)/t12-,13-,15?,22?/m0/s1. The topological polar surface area (TPSA) is 109 Å². The number of nitrogens with one attached hydrogen (secondary N) is 3. The molecule has 2 aliphatic heterocycles. The third kappa shape index (κ3) is 4.26. The van der Waals surface area contributed by atoms with Gasteiger partial charge in [-0.3, -0.25) is 10.8 Å². The van der Waals surface area contributed by atoms with Crippen molar-refractivity contribution in [2.24, 2.45) is 5.92 Å². The first-order chi connectivity index (χ1) is 16.9. The van der Waals surface area contributed by atoms with Crippen molar-refractivity contribution in [2.75, 3.05) is 5.32 Å². The summed E-state index contributed by atoms with van der Waals surface area (Å²) in [4.78, 5) is 23.4. The molecule has 1 aliphatic carbocycles. The molecule has 0 radical (unpaired) electrons. The number of halogens is 5. The molecule has 192 valence electrons. The Morgan fingerprint density at radius 1 is 1.22 bits per heavy atom. The Balaban J connectivity index is 1.70. The Labute approximate surface area is 203 Å². The molecule has 13 heteroatoms. The maximum atomic E-state index is 14.8. The number of rotatable bonds is 6. The number of carbonyl (C=O) groups is 1. The van der Waals surface area contributed by atoms with Crippen molar-refractivity contribution in [3.63, 3.8) is 0 Å². The zero-order valence-electron chi connectivity index (χ0n) is 19.4. The van der Waals surface area contributed by atoms with Crippen LogP contribution in [0, 0.1) is 28.4 Å². The number of hydrogen-bond acceptors (Lipinski definition) is 5. The van der Waals surface area contributed by atoms with Gasteiger partial charge in [0.1, 0.15) is 5.82 Å². The molecule has 36 heavy (non-hydrogen) atoms. The minimum atomic E-state index is -4.95. The van der Waals surface area contributed by atoms with Gasteiger partial charge in [-0.05, 0) is 44.2 Å². The molecule has 1 aromatic carbocycles. The van der Waals surface area contributed by atoms with Crippen LogP contribution in [0.15, 0.2) is 24.5 Å². The SMILES string of the molecule is C[C@H]1CC2CC([C@H](C)N(C=N)C=N)(C1)N2C(=O)Nc1cc(-c2ncc(F)cn2)c(C(F)(F)F)cc1F. The Morgan fingerprint density at radius 3 is 2.44 bits per heavy atom. The van der Waals surface area contributed by atoms with Crippen LogP contribution in [0.25, 0.3) is 11.4 Å². The highest BCUT2D eigenvalue weighted by molar-refractivity contribution is 5.92. The minimum absolute atomic E-state index is 0.174. The highest BCUT2D eigenvalue weighted by Crippen LogP contribution is 2.52. The summed E-state index contributed by atoms with van der Waals surface area (Å²) in [6, 6.07) is -0.269. The van der Waals surface area contributed by atoms with E-state index in [1.165, 1.54) is 4.90 Å². The lowest BCUT2D eigenvalue weighted by Gasteiger charge is -2.66. The van der Waals surface area contributed by atoms with Crippen LogP contribution in [0.5, 0.6) is 0 Å². The van der Waals surface area contributed by atoms with Gasteiger partial charge in [-0.1, -0.05) is 6.92 Å². The van der Waals surface area contributed by atoms with Gasteiger partial charge < -0.3 is 15.1 Å². The third-order valence-corrected chi connectivity index (χ3v) is 7.07. The molecule has 2 unspecified atom stereocenters. The number of alkyl halides is 3. The largest absolute Gasteiger partial charge is 0.417 e. The predicted octanol–water partition coefficient (Wildman–Crippen LogP) is 5.12. The van der Waals surface area contributed by atoms with Gasteiger partial charge in [-0.2, -0.15) is 13.2 Å². The van der Waals surface area contributed by atoms with E-state index in [-0.39, 0.29) is 18.0 Å². The molecule has 3 N–H and O–H groups in total.